The SMILES string of the molecule is O=CC1CCC([C@H]2CC[C@H](C=C(F)F)CC2)CC1. The molecule has 0 bridgehead atoms. The van der Waals surface area contributed by atoms with Gasteiger partial charge in [0.2, 0.25) is 0 Å². The smallest absolute Gasteiger partial charge is 0.266 e. The Morgan fingerprint density at radius 2 is 1.22 bits per heavy atom. The highest BCUT2D eigenvalue weighted by Gasteiger charge is 2.30. The van der Waals surface area contributed by atoms with Crippen LogP contribution in [0.3, 0.4) is 0 Å². The normalized spacial score (nSPS) is 37.0. The topological polar surface area (TPSA) is 17.1 Å². The number of allylic oxidation sites excluding steroid dienone is 1. The third-order valence-electron chi connectivity index (χ3n) is 4.85. The fourth-order valence-corrected chi connectivity index (χ4v) is 3.71. The largest absolute Gasteiger partial charge is 0.303 e. The molecule has 0 aliphatic heterocycles. The summed E-state index contributed by atoms with van der Waals surface area (Å²) in [5.41, 5.74) is 0. The maximum atomic E-state index is 12.2. The highest BCUT2D eigenvalue weighted by molar-refractivity contribution is 5.53. The average molecular weight is 256 g/mol. The maximum absolute atomic E-state index is 12.2. The van der Waals surface area contributed by atoms with Gasteiger partial charge in [0.25, 0.3) is 6.08 Å². The van der Waals surface area contributed by atoms with E-state index in [1.807, 2.05) is 0 Å². The van der Waals surface area contributed by atoms with E-state index in [1.54, 1.807) is 0 Å². The van der Waals surface area contributed by atoms with Crippen LogP contribution in [0.2, 0.25) is 0 Å². The molecule has 0 saturated heterocycles. The number of carbonyl (C=O) groups excluding carboxylic acids is 1. The number of aldehydes is 1. The molecular formula is C15H22F2O. The third kappa shape index (κ3) is 3.63. The van der Waals surface area contributed by atoms with Crippen molar-refractivity contribution in [1.82, 2.24) is 0 Å². The second kappa shape index (κ2) is 6.44. The Kier molecular flexibility index (Phi) is 4.90. The Labute approximate surface area is 108 Å². The first-order chi connectivity index (χ1) is 8.69. The molecule has 0 heterocycles. The number of halogens is 2. The standard InChI is InChI=1S/C15H22F2O/c16-15(17)9-11-1-5-13(6-2-11)14-7-3-12(10-18)4-8-14/h9-14H,1-8H2/t11-,12?,13-,14?. The van der Waals surface area contributed by atoms with Crippen molar-refractivity contribution >= 4 is 6.29 Å². The fraction of sp³-hybridized carbons (Fsp3) is 0.800. The molecule has 2 saturated carbocycles. The molecule has 2 aliphatic carbocycles. The summed E-state index contributed by atoms with van der Waals surface area (Å²) in [6, 6.07) is 0. The highest BCUT2D eigenvalue weighted by Crippen LogP contribution is 2.41. The third-order valence-corrected chi connectivity index (χ3v) is 4.85. The quantitative estimate of drug-likeness (QED) is 0.675. The highest BCUT2D eigenvalue weighted by atomic mass is 19.3. The predicted octanol–water partition coefficient (Wildman–Crippen LogP) is 4.58. The summed E-state index contributed by atoms with van der Waals surface area (Å²) in [5.74, 6) is 1.82. The lowest BCUT2D eigenvalue weighted by atomic mass is 9.69. The molecule has 1 nitrogen and oxygen atoms in total. The molecule has 102 valence electrons. The Bertz CT molecular complexity index is 294. The predicted molar refractivity (Wildman–Crippen MR) is 67.3 cm³/mol. The molecule has 0 unspecified atom stereocenters. The number of carbonyl (C=O) groups is 1. The second-order valence-electron chi connectivity index (χ2n) is 5.94. The van der Waals surface area contributed by atoms with Crippen LogP contribution in [0, 0.1) is 23.7 Å². The van der Waals surface area contributed by atoms with Crippen molar-refractivity contribution in [3.63, 3.8) is 0 Å². The molecule has 3 heteroatoms. The van der Waals surface area contributed by atoms with Gasteiger partial charge in [-0.2, -0.15) is 8.78 Å². The Hall–Kier alpha value is -0.730. The number of rotatable bonds is 3. The molecule has 2 aliphatic rings. The average Bonchev–Trinajstić information content (AvgIpc) is 2.39. The van der Waals surface area contributed by atoms with Crippen molar-refractivity contribution in [2.75, 3.05) is 0 Å². The summed E-state index contributed by atoms with van der Waals surface area (Å²) in [6.45, 7) is 0. The summed E-state index contributed by atoms with van der Waals surface area (Å²) >= 11 is 0. The first-order valence-corrected chi connectivity index (χ1v) is 7.17. The number of hydrogen-bond acceptors (Lipinski definition) is 1. The molecule has 2 fully saturated rings. The maximum Gasteiger partial charge on any atom is 0.266 e. The van der Waals surface area contributed by atoms with Crippen LogP contribution < -0.4 is 0 Å². The lowest BCUT2D eigenvalue weighted by molar-refractivity contribution is -0.112. The molecule has 0 spiro atoms. The molecule has 18 heavy (non-hydrogen) atoms. The monoisotopic (exact) mass is 256 g/mol. The van der Waals surface area contributed by atoms with Crippen molar-refractivity contribution in [2.45, 2.75) is 51.4 Å². The summed E-state index contributed by atoms with van der Waals surface area (Å²) in [6.07, 6.45) is 9.10. The molecule has 0 aromatic heterocycles. The summed E-state index contributed by atoms with van der Waals surface area (Å²) in [7, 11) is 0. The van der Waals surface area contributed by atoms with E-state index in [0.29, 0.717) is 5.92 Å². The van der Waals surface area contributed by atoms with Crippen molar-refractivity contribution in [3.05, 3.63) is 12.2 Å². The van der Waals surface area contributed by atoms with Gasteiger partial charge in [-0.05, 0) is 75.2 Å². The van der Waals surface area contributed by atoms with Gasteiger partial charge in [-0.1, -0.05) is 0 Å². The van der Waals surface area contributed by atoms with E-state index in [2.05, 4.69) is 0 Å². The van der Waals surface area contributed by atoms with Gasteiger partial charge < -0.3 is 4.79 Å². The Morgan fingerprint density at radius 1 is 0.778 bits per heavy atom. The van der Waals surface area contributed by atoms with E-state index in [4.69, 9.17) is 0 Å². The molecule has 0 radical (unpaired) electrons. The van der Waals surface area contributed by atoms with E-state index in [9.17, 15) is 13.6 Å². The lowest BCUT2D eigenvalue weighted by Gasteiger charge is -2.36. The fourth-order valence-electron chi connectivity index (χ4n) is 3.71. The zero-order chi connectivity index (χ0) is 13.0. The molecule has 0 amide bonds. The molecule has 2 rings (SSSR count). The molecular weight excluding hydrogens is 234 g/mol. The minimum absolute atomic E-state index is 0.0950. The van der Waals surface area contributed by atoms with Gasteiger partial charge >= 0.3 is 0 Å². The van der Waals surface area contributed by atoms with Crippen molar-refractivity contribution in [3.8, 4) is 0 Å². The van der Waals surface area contributed by atoms with Gasteiger partial charge in [0.05, 0.1) is 0 Å². The molecule has 0 N–H and O–H groups in total. The number of hydrogen-bond donors (Lipinski definition) is 0. The summed E-state index contributed by atoms with van der Waals surface area (Å²) < 4.78 is 24.4. The van der Waals surface area contributed by atoms with Crippen LogP contribution in [-0.4, -0.2) is 6.29 Å². The van der Waals surface area contributed by atoms with Crippen LogP contribution in [-0.2, 0) is 4.79 Å². The van der Waals surface area contributed by atoms with Gasteiger partial charge in [0.1, 0.15) is 6.29 Å². The van der Waals surface area contributed by atoms with Crippen LogP contribution in [0.4, 0.5) is 8.78 Å². The minimum Gasteiger partial charge on any atom is -0.303 e. The Morgan fingerprint density at radius 3 is 1.61 bits per heavy atom. The van der Waals surface area contributed by atoms with Gasteiger partial charge in [-0.15, -0.1) is 0 Å². The van der Waals surface area contributed by atoms with Crippen LogP contribution in [0.5, 0.6) is 0 Å². The first-order valence-electron chi connectivity index (χ1n) is 7.17. The van der Waals surface area contributed by atoms with E-state index in [0.717, 1.165) is 69.6 Å². The van der Waals surface area contributed by atoms with E-state index in [1.165, 1.54) is 0 Å². The van der Waals surface area contributed by atoms with Crippen LogP contribution in [0.25, 0.3) is 0 Å². The van der Waals surface area contributed by atoms with Crippen molar-refractivity contribution in [2.24, 2.45) is 23.7 Å². The van der Waals surface area contributed by atoms with E-state index >= 15 is 0 Å². The molecule has 0 aromatic carbocycles. The summed E-state index contributed by atoms with van der Waals surface area (Å²) in [5, 5.41) is 0. The van der Waals surface area contributed by atoms with Crippen LogP contribution in [0.1, 0.15) is 51.4 Å². The molecule has 0 atom stereocenters. The van der Waals surface area contributed by atoms with Gasteiger partial charge in [0.15, 0.2) is 0 Å². The van der Waals surface area contributed by atoms with Gasteiger partial charge in [-0.3, -0.25) is 0 Å². The summed E-state index contributed by atoms with van der Waals surface area (Å²) in [4.78, 5) is 10.7. The first kappa shape index (κ1) is 13.7. The van der Waals surface area contributed by atoms with Crippen LogP contribution in [0.15, 0.2) is 12.2 Å². The molecule has 0 aromatic rings. The van der Waals surface area contributed by atoms with Crippen molar-refractivity contribution in [1.29, 1.82) is 0 Å². The van der Waals surface area contributed by atoms with E-state index in [-0.39, 0.29) is 11.8 Å². The minimum atomic E-state index is -1.52. The van der Waals surface area contributed by atoms with Crippen molar-refractivity contribution < 1.29 is 13.6 Å². The van der Waals surface area contributed by atoms with Gasteiger partial charge in [-0.25, -0.2) is 0 Å². The van der Waals surface area contributed by atoms with E-state index < -0.39 is 6.08 Å². The van der Waals surface area contributed by atoms with Crippen LogP contribution >= 0.6 is 0 Å². The van der Waals surface area contributed by atoms with Gasteiger partial charge in [0, 0.05) is 5.92 Å². The Balaban J connectivity index is 1.76. The zero-order valence-corrected chi connectivity index (χ0v) is 10.8. The zero-order valence-electron chi connectivity index (χ0n) is 10.8. The lowest BCUT2D eigenvalue weighted by Crippen LogP contribution is -2.25. The second-order valence-corrected chi connectivity index (χ2v) is 5.94.